The van der Waals surface area contributed by atoms with Crippen LogP contribution >= 0.6 is 11.6 Å². The molecule has 9 heteroatoms. The minimum absolute atomic E-state index is 0.210. The first-order valence-electron chi connectivity index (χ1n) is 9.65. The topological polar surface area (TPSA) is 84.9 Å². The van der Waals surface area contributed by atoms with Gasteiger partial charge in [-0.25, -0.2) is 8.42 Å². The van der Waals surface area contributed by atoms with Crippen molar-refractivity contribution in [2.75, 3.05) is 32.6 Å². The highest BCUT2D eigenvalue weighted by Crippen LogP contribution is 2.36. The van der Waals surface area contributed by atoms with Gasteiger partial charge in [0.25, 0.3) is 0 Å². The van der Waals surface area contributed by atoms with Gasteiger partial charge in [-0.15, -0.1) is 0 Å². The number of nitrogens with zero attached hydrogens (tertiary/aromatic N) is 1. The standard InChI is InChI=1S/C21H25ClN2O5S/c1-28-19-13-17(22)18(14-20(19)29-2)23-21(25)10-7-15-5-8-16(9-6-15)30(26,27)24-11-3-4-12-24/h5-6,8-9,13-14H,3-4,7,10-12H2,1-2H3,(H,23,25). The van der Waals surface area contributed by atoms with Crippen molar-refractivity contribution >= 4 is 33.2 Å². The van der Waals surface area contributed by atoms with Crippen molar-refractivity contribution in [2.24, 2.45) is 0 Å². The van der Waals surface area contributed by atoms with Crippen LogP contribution in [0.5, 0.6) is 11.5 Å². The second-order valence-corrected chi connectivity index (χ2v) is 9.34. The molecule has 0 unspecified atom stereocenters. The molecule has 162 valence electrons. The smallest absolute Gasteiger partial charge is 0.243 e. The lowest BCUT2D eigenvalue weighted by atomic mass is 10.1. The van der Waals surface area contributed by atoms with Gasteiger partial charge in [-0.1, -0.05) is 23.7 Å². The molecule has 2 aromatic carbocycles. The van der Waals surface area contributed by atoms with Gasteiger partial charge >= 0.3 is 0 Å². The van der Waals surface area contributed by atoms with Gasteiger partial charge in [0.1, 0.15) is 0 Å². The largest absolute Gasteiger partial charge is 0.493 e. The summed E-state index contributed by atoms with van der Waals surface area (Å²) in [5, 5.41) is 3.12. The van der Waals surface area contributed by atoms with E-state index in [9.17, 15) is 13.2 Å². The summed E-state index contributed by atoms with van der Waals surface area (Å²) >= 11 is 6.20. The van der Waals surface area contributed by atoms with Gasteiger partial charge < -0.3 is 14.8 Å². The zero-order valence-electron chi connectivity index (χ0n) is 17.0. The van der Waals surface area contributed by atoms with E-state index in [1.165, 1.54) is 18.5 Å². The molecule has 1 heterocycles. The van der Waals surface area contributed by atoms with E-state index in [2.05, 4.69) is 5.32 Å². The fraction of sp³-hybridized carbons (Fsp3) is 0.381. The van der Waals surface area contributed by atoms with Crippen LogP contribution in [0.25, 0.3) is 0 Å². The summed E-state index contributed by atoms with van der Waals surface area (Å²) in [6.45, 7) is 1.14. The summed E-state index contributed by atoms with van der Waals surface area (Å²) in [7, 11) is -0.414. The van der Waals surface area contributed by atoms with Crippen LogP contribution in [0.2, 0.25) is 5.02 Å². The number of carbonyl (C=O) groups is 1. The maximum absolute atomic E-state index is 12.6. The van der Waals surface area contributed by atoms with Gasteiger partial charge in [-0.2, -0.15) is 4.31 Å². The van der Waals surface area contributed by atoms with Gasteiger partial charge in [0.15, 0.2) is 11.5 Å². The Morgan fingerprint density at radius 1 is 1.07 bits per heavy atom. The predicted molar refractivity (Wildman–Crippen MR) is 116 cm³/mol. The fourth-order valence-corrected chi connectivity index (χ4v) is 5.04. The lowest BCUT2D eigenvalue weighted by molar-refractivity contribution is -0.116. The summed E-state index contributed by atoms with van der Waals surface area (Å²) in [4.78, 5) is 12.6. The van der Waals surface area contributed by atoms with Crippen molar-refractivity contribution in [3.8, 4) is 11.5 Å². The number of halogens is 1. The third kappa shape index (κ3) is 5.06. The Morgan fingerprint density at radius 3 is 2.27 bits per heavy atom. The van der Waals surface area contributed by atoms with Gasteiger partial charge in [0, 0.05) is 31.6 Å². The normalized spacial score (nSPS) is 14.5. The highest BCUT2D eigenvalue weighted by atomic mass is 35.5. The van der Waals surface area contributed by atoms with Crippen LogP contribution in [0.4, 0.5) is 5.69 Å². The van der Waals surface area contributed by atoms with E-state index in [0.29, 0.717) is 41.7 Å². The number of carbonyl (C=O) groups excluding carboxylic acids is 1. The molecule has 0 radical (unpaired) electrons. The molecule has 1 aliphatic rings. The van der Waals surface area contributed by atoms with Crippen LogP contribution in [-0.2, 0) is 21.2 Å². The van der Waals surface area contributed by atoms with Gasteiger partial charge in [-0.3, -0.25) is 4.79 Å². The zero-order valence-corrected chi connectivity index (χ0v) is 18.6. The number of ether oxygens (including phenoxy) is 2. The summed E-state index contributed by atoms with van der Waals surface area (Å²) in [6, 6.07) is 9.89. The lowest BCUT2D eigenvalue weighted by Gasteiger charge is -2.15. The number of rotatable bonds is 8. The maximum Gasteiger partial charge on any atom is 0.243 e. The molecular formula is C21H25ClN2O5S. The number of anilines is 1. The molecule has 1 N–H and O–H groups in total. The number of nitrogens with one attached hydrogen (secondary N) is 1. The monoisotopic (exact) mass is 452 g/mol. The molecule has 3 rings (SSSR count). The van der Waals surface area contributed by atoms with Crippen LogP contribution in [0, 0.1) is 0 Å². The maximum atomic E-state index is 12.6. The van der Waals surface area contributed by atoms with E-state index in [0.717, 1.165) is 18.4 Å². The van der Waals surface area contributed by atoms with E-state index in [1.807, 2.05) is 0 Å². The first-order chi connectivity index (χ1) is 14.3. The third-order valence-corrected chi connectivity index (χ3v) is 7.24. The minimum Gasteiger partial charge on any atom is -0.493 e. The quantitative estimate of drug-likeness (QED) is 0.659. The van der Waals surface area contributed by atoms with Crippen LogP contribution in [0.3, 0.4) is 0 Å². The summed E-state index contributed by atoms with van der Waals surface area (Å²) < 4.78 is 37.1. The van der Waals surface area contributed by atoms with Gasteiger partial charge in [0.2, 0.25) is 15.9 Å². The second kappa shape index (κ2) is 9.68. The molecule has 0 spiro atoms. The third-order valence-electron chi connectivity index (χ3n) is 5.01. The number of amides is 1. The van der Waals surface area contributed by atoms with E-state index < -0.39 is 10.0 Å². The minimum atomic E-state index is -3.43. The molecule has 30 heavy (non-hydrogen) atoms. The zero-order chi connectivity index (χ0) is 21.7. The molecule has 0 atom stereocenters. The van der Waals surface area contributed by atoms with E-state index in [4.69, 9.17) is 21.1 Å². The number of aryl methyl sites for hydroxylation is 1. The van der Waals surface area contributed by atoms with Crippen LogP contribution in [0.15, 0.2) is 41.3 Å². The molecule has 1 amide bonds. The summed E-state index contributed by atoms with van der Waals surface area (Å²) in [5.74, 6) is 0.731. The Balaban J connectivity index is 1.60. The molecule has 1 fully saturated rings. The van der Waals surface area contributed by atoms with E-state index in [1.54, 1.807) is 36.4 Å². The van der Waals surface area contributed by atoms with Crippen molar-refractivity contribution in [3.05, 3.63) is 47.0 Å². The highest BCUT2D eigenvalue weighted by molar-refractivity contribution is 7.89. The van der Waals surface area contributed by atoms with Crippen molar-refractivity contribution in [1.82, 2.24) is 4.31 Å². The van der Waals surface area contributed by atoms with Crippen molar-refractivity contribution in [1.29, 1.82) is 0 Å². The van der Waals surface area contributed by atoms with Crippen molar-refractivity contribution < 1.29 is 22.7 Å². The number of hydrogen-bond acceptors (Lipinski definition) is 5. The molecule has 0 saturated carbocycles. The van der Waals surface area contributed by atoms with Gasteiger partial charge in [0.05, 0.1) is 29.8 Å². The molecule has 2 aromatic rings. The van der Waals surface area contributed by atoms with Crippen LogP contribution in [-0.4, -0.2) is 45.9 Å². The van der Waals surface area contributed by atoms with Crippen molar-refractivity contribution in [3.63, 3.8) is 0 Å². The van der Waals surface area contributed by atoms with Crippen molar-refractivity contribution in [2.45, 2.75) is 30.6 Å². The summed E-state index contributed by atoms with van der Waals surface area (Å²) in [5.41, 5.74) is 1.32. The van der Waals surface area contributed by atoms with E-state index >= 15 is 0 Å². The number of hydrogen-bond donors (Lipinski definition) is 1. The Kier molecular flexibility index (Phi) is 7.23. The molecule has 0 aliphatic carbocycles. The number of sulfonamides is 1. The highest BCUT2D eigenvalue weighted by Gasteiger charge is 2.26. The predicted octanol–water partition coefficient (Wildman–Crippen LogP) is 3.71. The average Bonchev–Trinajstić information content (AvgIpc) is 3.29. The first kappa shape index (κ1) is 22.4. The molecule has 0 aromatic heterocycles. The number of benzene rings is 2. The lowest BCUT2D eigenvalue weighted by Crippen LogP contribution is -2.27. The average molecular weight is 453 g/mol. The molecule has 7 nitrogen and oxygen atoms in total. The Hall–Kier alpha value is -2.29. The summed E-state index contributed by atoms with van der Waals surface area (Å²) in [6.07, 6.45) is 2.50. The Labute approximate surface area is 182 Å². The second-order valence-electron chi connectivity index (χ2n) is 6.99. The van der Waals surface area contributed by atoms with E-state index in [-0.39, 0.29) is 17.2 Å². The number of methoxy groups -OCH3 is 2. The Bertz CT molecular complexity index is 1000. The molecular weight excluding hydrogens is 428 g/mol. The molecule has 1 saturated heterocycles. The van der Waals surface area contributed by atoms with Gasteiger partial charge in [-0.05, 0) is 37.0 Å². The SMILES string of the molecule is COc1cc(Cl)c(NC(=O)CCc2ccc(S(=O)(=O)N3CCCC3)cc2)cc1OC. The first-order valence-corrected chi connectivity index (χ1v) is 11.5. The van der Waals surface area contributed by atoms with Crippen LogP contribution < -0.4 is 14.8 Å². The molecule has 1 aliphatic heterocycles. The van der Waals surface area contributed by atoms with Crippen LogP contribution in [0.1, 0.15) is 24.8 Å². The molecule has 0 bridgehead atoms. The fourth-order valence-electron chi connectivity index (χ4n) is 3.33. The Morgan fingerprint density at radius 2 is 1.67 bits per heavy atom.